The summed E-state index contributed by atoms with van der Waals surface area (Å²) in [6, 6.07) is 8.49. The zero-order valence-electron chi connectivity index (χ0n) is 16.5. The molecule has 0 aromatic heterocycles. The van der Waals surface area contributed by atoms with Crippen LogP contribution in [0, 0.1) is 13.8 Å². The number of nitrogens with one attached hydrogen (secondary N) is 1. The van der Waals surface area contributed by atoms with Gasteiger partial charge in [-0.2, -0.15) is 0 Å². The number of nitrogens with zero attached hydrogens (tertiary/aromatic N) is 1. The number of aromatic carboxylic acids is 2. The molecular weight excluding hydrogens is 424 g/mol. The van der Waals surface area contributed by atoms with Gasteiger partial charge in [-0.15, -0.1) is 0 Å². The quantitative estimate of drug-likeness (QED) is 0.619. The molecule has 2 aromatic carbocycles. The standard InChI is InChI=1S/C21H18N2O7S/c1-10-3-6-15(11(2)7-10)23-18(25)16(31-21(23)30)9-17(24)22-14-8-12(19(26)27)4-5-13(14)20(28)29/h3-8,16H,9H2,1-2H3,(H,22,24)(H,26,27)(H,28,29). The summed E-state index contributed by atoms with van der Waals surface area (Å²) in [4.78, 5) is 61.3. The molecule has 1 atom stereocenters. The largest absolute Gasteiger partial charge is 0.478 e. The lowest BCUT2D eigenvalue weighted by molar-refractivity contribution is -0.121. The second-order valence-corrected chi connectivity index (χ2v) is 8.11. The van der Waals surface area contributed by atoms with E-state index in [0.717, 1.165) is 34.2 Å². The fraction of sp³-hybridized carbons (Fsp3) is 0.190. The van der Waals surface area contributed by atoms with E-state index >= 15 is 0 Å². The normalized spacial score (nSPS) is 15.8. The molecule has 3 rings (SSSR count). The highest BCUT2D eigenvalue weighted by atomic mass is 32.2. The third kappa shape index (κ3) is 4.58. The van der Waals surface area contributed by atoms with Crippen LogP contribution in [0.4, 0.5) is 16.2 Å². The molecule has 1 aliphatic rings. The number of carbonyl (C=O) groups excluding carboxylic acids is 3. The van der Waals surface area contributed by atoms with Gasteiger partial charge in [0.25, 0.3) is 5.24 Å². The molecule has 1 heterocycles. The van der Waals surface area contributed by atoms with E-state index in [2.05, 4.69) is 5.32 Å². The highest BCUT2D eigenvalue weighted by Gasteiger charge is 2.42. The summed E-state index contributed by atoms with van der Waals surface area (Å²) in [5.41, 5.74) is 1.45. The second kappa shape index (κ2) is 8.60. The fourth-order valence-corrected chi connectivity index (χ4v) is 4.18. The first kappa shape index (κ1) is 22.0. The average molecular weight is 442 g/mol. The van der Waals surface area contributed by atoms with Gasteiger partial charge in [0.2, 0.25) is 11.8 Å². The smallest absolute Gasteiger partial charge is 0.337 e. The number of anilines is 2. The molecule has 1 fully saturated rings. The maximum absolute atomic E-state index is 12.8. The van der Waals surface area contributed by atoms with Crippen LogP contribution < -0.4 is 10.2 Å². The molecule has 0 radical (unpaired) electrons. The maximum Gasteiger partial charge on any atom is 0.337 e. The van der Waals surface area contributed by atoms with Crippen molar-refractivity contribution in [3.05, 3.63) is 58.7 Å². The Kier molecular flexibility index (Phi) is 6.11. The van der Waals surface area contributed by atoms with Crippen molar-refractivity contribution in [3.8, 4) is 0 Å². The minimum absolute atomic E-state index is 0.203. The van der Waals surface area contributed by atoms with Gasteiger partial charge in [0.05, 0.1) is 22.5 Å². The van der Waals surface area contributed by atoms with E-state index in [-0.39, 0.29) is 23.2 Å². The van der Waals surface area contributed by atoms with Crippen molar-refractivity contribution in [2.45, 2.75) is 25.5 Å². The Morgan fingerprint density at radius 1 is 1.03 bits per heavy atom. The predicted molar refractivity (Wildman–Crippen MR) is 114 cm³/mol. The molecule has 0 saturated carbocycles. The molecule has 0 bridgehead atoms. The minimum atomic E-state index is -1.35. The molecule has 31 heavy (non-hydrogen) atoms. The van der Waals surface area contributed by atoms with Crippen molar-refractivity contribution in [1.82, 2.24) is 0 Å². The van der Waals surface area contributed by atoms with Crippen LogP contribution in [-0.2, 0) is 9.59 Å². The molecule has 0 aliphatic carbocycles. The molecule has 0 spiro atoms. The molecule has 1 saturated heterocycles. The van der Waals surface area contributed by atoms with Crippen LogP contribution in [0.15, 0.2) is 36.4 Å². The molecule has 9 nitrogen and oxygen atoms in total. The number of carbonyl (C=O) groups is 5. The monoisotopic (exact) mass is 442 g/mol. The highest BCUT2D eigenvalue weighted by Crippen LogP contribution is 2.35. The number of carboxylic acid groups (broad SMARTS) is 2. The number of aryl methyl sites for hydroxylation is 2. The zero-order chi connectivity index (χ0) is 22.9. The van der Waals surface area contributed by atoms with Crippen molar-refractivity contribution in [3.63, 3.8) is 0 Å². The zero-order valence-corrected chi connectivity index (χ0v) is 17.4. The lowest BCUT2D eigenvalue weighted by Gasteiger charge is -2.17. The number of thioether (sulfide) groups is 1. The third-order valence-electron chi connectivity index (χ3n) is 4.66. The van der Waals surface area contributed by atoms with Gasteiger partial charge < -0.3 is 15.5 Å². The topological polar surface area (TPSA) is 141 Å². The Morgan fingerprint density at radius 3 is 2.35 bits per heavy atom. The molecule has 1 unspecified atom stereocenters. The van der Waals surface area contributed by atoms with Crippen LogP contribution in [-0.4, -0.2) is 44.5 Å². The van der Waals surface area contributed by atoms with Crippen LogP contribution in [0.25, 0.3) is 0 Å². The van der Waals surface area contributed by atoms with Crippen LogP contribution in [0.5, 0.6) is 0 Å². The fourth-order valence-electron chi connectivity index (χ4n) is 3.20. The van der Waals surface area contributed by atoms with Crippen LogP contribution in [0.1, 0.15) is 38.3 Å². The number of hydrogen-bond acceptors (Lipinski definition) is 6. The first-order valence-electron chi connectivity index (χ1n) is 9.11. The van der Waals surface area contributed by atoms with Crippen LogP contribution in [0.2, 0.25) is 0 Å². The minimum Gasteiger partial charge on any atom is -0.478 e. The summed E-state index contributed by atoms with van der Waals surface area (Å²) in [6.45, 7) is 3.66. The van der Waals surface area contributed by atoms with E-state index in [4.69, 9.17) is 5.11 Å². The Labute approximate surface area is 181 Å². The number of imide groups is 1. The van der Waals surface area contributed by atoms with E-state index < -0.39 is 34.2 Å². The molecule has 160 valence electrons. The molecule has 10 heteroatoms. The first-order valence-corrected chi connectivity index (χ1v) is 9.98. The number of rotatable bonds is 6. The maximum atomic E-state index is 12.8. The first-order chi connectivity index (χ1) is 14.6. The van der Waals surface area contributed by atoms with Gasteiger partial charge in [-0.05, 0) is 55.4 Å². The molecule has 1 aliphatic heterocycles. The van der Waals surface area contributed by atoms with Crippen molar-refractivity contribution in [2.75, 3.05) is 10.2 Å². The van der Waals surface area contributed by atoms with E-state index in [9.17, 15) is 29.1 Å². The molecule has 3 amide bonds. The van der Waals surface area contributed by atoms with Gasteiger partial charge in [0.15, 0.2) is 0 Å². The van der Waals surface area contributed by atoms with Gasteiger partial charge in [-0.3, -0.25) is 14.4 Å². The van der Waals surface area contributed by atoms with E-state index in [1.165, 1.54) is 0 Å². The Morgan fingerprint density at radius 2 is 1.74 bits per heavy atom. The van der Waals surface area contributed by atoms with Crippen LogP contribution in [0.3, 0.4) is 0 Å². The Bertz CT molecular complexity index is 1130. The summed E-state index contributed by atoms with van der Waals surface area (Å²) in [5.74, 6) is -3.90. The molecule has 2 aromatic rings. The molecule has 3 N–H and O–H groups in total. The van der Waals surface area contributed by atoms with Crippen molar-refractivity contribution in [1.29, 1.82) is 0 Å². The number of amides is 3. The van der Waals surface area contributed by atoms with Crippen molar-refractivity contribution in [2.24, 2.45) is 0 Å². The second-order valence-electron chi connectivity index (χ2n) is 6.96. The van der Waals surface area contributed by atoms with Crippen LogP contribution >= 0.6 is 11.8 Å². The summed E-state index contributed by atoms with van der Waals surface area (Å²) < 4.78 is 0. The van der Waals surface area contributed by atoms with Gasteiger partial charge in [0.1, 0.15) is 5.25 Å². The lowest BCUT2D eigenvalue weighted by Crippen LogP contribution is -2.33. The third-order valence-corrected chi connectivity index (χ3v) is 5.69. The van der Waals surface area contributed by atoms with Gasteiger partial charge in [-0.25, -0.2) is 14.5 Å². The SMILES string of the molecule is Cc1ccc(N2C(=O)SC(CC(=O)Nc3cc(C(=O)O)ccc3C(=O)O)C2=O)c(C)c1. The number of carboxylic acids is 2. The lowest BCUT2D eigenvalue weighted by atomic mass is 10.1. The van der Waals surface area contributed by atoms with E-state index in [0.29, 0.717) is 17.4 Å². The summed E-state index contributed by atoms with van der Waals surface area (Å²) >= 11 is 0.713. The Balaban J connectivity index is 1.78. The van der Waals surface area contributed by atoms with Gasteiger partial charge in [0, 0.05) is 6.42 Å². The summed E-state index contributed by atoms with van der Waals surface area (Å²) in [5, 5.41) is 19.2. The Hall–Kier alpha value is -3.66. The predicted octanol–water partition coefficient (Wildman–Crippen LogP) is 3.30. The average Bonchev–Trinajstić information content (AvgIpc) is 2.95. The molecular formula is C21H18N2O7S. The number of benzene rings is 2. The van der Waals surface area contributed by atoms with Crippen molar-refractivity contribution >= 4 is 52.1 Å². The van der Waals surface area contributed by atoms with Crippen molar-refractivity contribution < 1.29 is 34.2 Å². The number of hydrogen-bond donors (Lipinski definition) is 3. The highest BCUT2D eigenvalue weighted by molar-refractivity contribution is 8.15. The summed E-state index contributed by atoms with van der Waals surface area (Å²) in [7, 11) is 0. The van der Waals surface area contributed by atoms with Gasteiger partial charge >= 0.3 is 11.9 Å². The van der Waals surface area contributed by atoms with E-state index in [1.54, 1.807) is 19.1 Å². The van der Waals surface area contributed by atoms with E-state index in [1.807, 2.05) is 13.0 Å². The summed E-state index contributed by atoms with van der Waals surface area (Å²) in [6.07, 6.45) is -0.382. The van der Waals surface area contributed by atoms with Gasteiger partial charge in [-0.1, -0.05) is 17.7 Å².